The number of likely N-dealkylation sites (tertiary alicyclic amines) is 1. The van der Waals surface area contributed by atoms with E-state index in [4.69, 9.17) is 5.73 Å². The van der Waals surface area contributed by atoms with Crippen LogP contribution >= 0.6 is 0 Å². The molecule has 0 bridgehead atoms. The van der Waals surface area contributed by atoms with Crippen LogP contribution in [-0.2, 0) is 6.42 Å². The molecule has 0 aromatic carbocycles. The molecule has 0 aliphatic carbocycles. The van der Waals surface area contributed by atoms with Gasteiger partial charge in [0.2, 0.25) is 0 Å². The Hall–Kier alpha value is -1.52. The molecule has 0 unspecified atom stereocenters. The van der Waals surface area contributed by atoms with Crippen molar-refractivity contribution in [2.45, 2.75) is 45.4 Å². The second-order valence-corrected chi connectivity index (χ2v) is 4.92. The van der Waals surface area contributed by atoms with Crippen molar-refractivity contribution in [2.75, 3.05) is 18.8 Å². The summed E-state index contributed by atoms with van der Waals surface area (Å²) in [6.07, 6.45) is 6.41. The zero-order valence-corrected chi connectivity index (χ0v) is 11.0. The zero-order chi connectivity index (χ0) is 13.0. The van der Waals surface area contributed by atoms with Gasteiger partial charge in [-0.2, -0.15) is 5.10 Å². The highest BCUT2D eigenvalue weighted by atomic mass is 16.2. The Morgan fingerprint density at radius 1 is 1.33 bits per heavy atom. The maximum absolute atomic E-state index is 12.4. The van der Waals surface area contributed by atoms with Crippen molar-refractivity contribution in [1.82, 2.24) is 15.1 Å². The number of anilines is 1. The van der Waals surface area contributed by atoms with Crippen LogP contribution in [0.15, 0.2) is 0 Å². The molecule has 0 atom stereocenters. The third-order valence-electron chi connectivity index (χ3n) is 3.48. The number of rotatable bonds is 3. The van der Waals surface area contributed by atoms with Crippen LogP contribution in [0.5, 0.6) is 0 Å². The van der Waals surface area contributed by atoms with E-state index in [0.717, 1.165) is 44.5 Å². The van der Waals surface area contributed by atoms with Gasteiger partial charge in [0, 0.05) is 13.1 Å². The highest BCUT2D eigenvalue weighted by Crippen LogP contribution is 2.19. The summed E-state index contributed by atoms with van der Waals surface area (Å²) in [5, 5.41) is 6.99. The van der Waals surface area contributed by atoms with Crippen LogP contribution in [0.1, 0.15) is 55.2 Å². The molecule has 5 heteroatoms. The van der Waals surface area contributed by atoms with Gasteiger partial charge < -0.3 is 10.6 Å². The van der Waals surface area contributed by atoms with E-state index in [0.29, 0.717) is 11.4 Å². The molecule has 100 valence electrons. The average molecular weight is 250 g/mol. The molecule has 18 heavy (non-hydrogen) atoms. The molecule has 1 saturated heterocycles. The van der Waals surface area contributed by atoms with Crippen LogP contribution in [-0.4, -0.2) is 34.1 Å². The Labute approximate surface area is 108 Å². The first-order valence-electron chi connectivity index (χ1n) is 6.86. The van der Waals surface area contributed by atoms with Crippen molar-refractivity contribution in [3.63, 3.8) is 0 Å². The summed E-state index contributed by atoms with van der Waals surface area (Å²) >= 11 is 0. The van der Waals surface area contributed by atoms with Gasteiger partial charge in [0.15, 0.2) is 5.69 Å². The van der Waals surface area contributed by atoms with Crippen LogP contribution in [0, 0.1) is 0 Å². The predicted molar refractivity (Wildman–Crippen MR) is 71.4 cm³/mol. The quantitative estimate of drug-likeness (QED) is 0.861. The zero-order valence-electron chi connectivity index (χ0n) is 11.0. The second-order valence-electron chi connectivity index (χ2n) is 4.92. The van der Waals surface area contributed by atoms with Crippen molar-refractivity contribution in [2.24, 2.45) is 0 Å². The lowest BCUT2D eigenvalue weighted by Crippen LogP contribution is -2.32. The number of aryl methyl sites for hydroxylation is 1. The number of aromatic amines is 1. The van der Waals surface area contributed by atoms with Gasteiger partial charge in [-0.25, -0.2) is 0 Å². The lowest BCUT2D eigenvalue weighted by Gasteiger charge is -2.19. The van der Waals surface area contributed by atoms with Gasteiger partial charge in [0.1, 0.15) is 0 Å². The minimum absolute atomic E-state index is 0.0204. The summed E-state index contributed by atoms with van der Waals surface area (Å²) in [6.45, 7) is 3.74. The summed E-state index contributed by atoms with van der Waals surface area (Å²) in [4.78, 5) is 14.2. The Bertz CT molecular complexity index is 405. The van der Waals surface area contributed by atoms with Crippen LogP contribution < -0.4 is 5.73 Å². The topological polar surface area (TPSA) is 75.0 Å². The number of aromatic nitrogens is 2. The van der Waals surface area contributed by atoms with Gasteiger partial charge in [0.05, 0.1) is 11.4 Å². The van der Waals surface area contributed by atoms with E-state index < -0.39 is 0 Å². The monoisotopic (exact) mass is 250 g/mol. The van der Waals surface area contributed by atoms with Crippen LogP contribution in [0.4, 0.5) is 5.69 Å². The lowest BCUT2D eigenvalue weighted by molar-refractivity contribution is 0.0757. The molecule has 1 aromatic rings. The van der Waals surface area contributed by atoms with E-state index in [1.54, 1.807) is 0 Å². The third kappa shape index (κ3) is 2.66. The Balaban J connectivity index is 2.12. The Kier molecular flexibility index (Phi) is 4.23. The Morgan fingerprint density at radius 3 is 2.61 bits per heavy atom. The van der Waals surface area contributed by atoms with Gasteiger partial charge in [-0.05, 0) is 19.3 Å². The Morgan fingerprint density at radius 2 is 2.00 bits per heavy atom. The molecule has 5 nitrogen and oxygen atoms in total. The molecule has 1 aliphatic rings. The number of nitrogens with one attached hydrogen (secondary N) is 1. The van der Waals surface area contributed by atoms with E-state index in [2.05, 4.69) is 17.1 Å². The molecule has 0 radical (unpaired) electrons. The van der Waals surface area contributed by atoms with Gasteiger partial charge in [0.25, 0.3) is 5.91 Å². The summed E-state index contributed by atoms with van der Waals surface area (Å²) in [6, 6.07) is 0. The van der Waals surface area contributed by atoms with E-state index in [1.165, 1.54) is 12.8 Å². The number of amides is 1. The molecular formula is C13H22N4O. The second kappa shape index (κ2) is 5.89. The van der Waals surface area contributed by atoms with Gasteiger partial charge in [-0.1, -0.05) is 26.2 Å². The largest absolute Gasteiger partial charge is 0.395 e. The number of carbonyl (C=O) groups excluding carboxylic acids is 1. The molecule has 2 rings (SSSR count). The highest BCUT2D eigenvalue weighted by molar-refractivity contribution is 5.97. The van der Waals surface area contributed by atoms with Crippen molar-refractivity contribution in [1.29, 1.82) is 0 Å². The molecule has 1 fully saturated rings. The van der Waals surface area contributed by atoms with Crippen molar-refractivity contribution in [3.8, 4) is 0 Å². The van der Waals surface area contributed by atoms with E-state index in [1.807, 2.05) is 4.90 Å². The van der Waals surface area contributed by atoms with Crippen molar-refractivity contribution in [3.05, 3.63) is 11.4 Å². The first-order valence-corrected chi connectivity index (χ1v) is 6.86. The maximum Gasteiger partial charge on any atom is 0.276 e. The molecule has 3 N–H and O–H groups in total. The third-order valence-corrected chi connectivity index (χ3v) is 3.48. The van der Waals surface area contributed by atoms with Gasteiger partial charge >= 0.3 is 0 Å². The number of nitrogens with two attached hydrogens (primary N) is 1. The predicted octanol–water partition coefficient (Wildman–Crippen LogP) is 1.96. The number of carbonyl (C=O) groups is 1. The van der Waals surface area contributed by atoms with Crippen molar-refractivity contribution < 1.29 is 4.79 Å². The summed E-state index contributed by atoms with van der Waals surface area (Å²) in [5.41, 5.74) is 7.82. The lowest BCUT2D eigenvalue weighted by atomic mass is 10.2. The number of H-pyrrole nitrogens is 1. The maximum atomic E-state index is 12.4. The summed E-state index contributed by atoms with van der Waals surface area (Å²) in [5.74, 6) is -0.0204. The van der Waals surface area contributed by atoms with Crippen LogP contribution in [0.2, 0.25) is 0 Å². The van der Waals surface area contributed by atoms with Crippen molar-refractivity contribution >= 4 is 11.6 Å². The standard InChI is InChI=1S/C13H22N4O/c1-2-7-10-11(14)12(16-15-10)13(18)17-8-5-3-4-6-9-17/h2-9,14H2,1H3,(H,15,16). The smallest absolute Gasteiger partial charge is 0.276 e. The van der Waals surface area contributed by atoms with Crippen LogP contribution in [0.3, 0.4) is 0 Å². The molecule has 0 saturated carbocycles. The fourth-order valence-electron chi connectivity index (χ4n) is 2.41. The van der Waals surface area contributed by atoms with E-state index >= 15 is 0 Å². The normalized spacial score (nSPS) is 16.6. The molecule has 1 amide bonds. The summed E-state index contributed by atoms with van der Waals surface area (Å²) < 4.78 is 0. The molecule has 1 aromatic heterocycles. The van der Waals surface area contributed by atoms with Gasteiger partial charge in [-0.15, -0.1) is 0 Å². The number of hydrogen-bond donors (Lipinski definition) is 2. The molecular weight excluding hydrogens is 228 g/mol. The number of nitrogen functional groups attached to an aromatic ring is 1. The minimum Gasteiger partial charge on any atom is -0.395 e. The van der Waals surface area contributed by atoms with E-state index in [-0.39, 0.29) is 5.91 Å². The number of hydrogen-bond acceptors (Lipinski definition) is 3. The first-order chi connectivity index (χ1) is 8.74. The first kappa shape index (κ1) is 12.9. The number of nitrogens with zero attached hydrogens (tertiary/aromatic N) is 2. The molecule has 0 spiro atoms. The SMILES string of the molecule is CCCc1[nH]nc(C(=O)N2CCCCCC2)c1N. The van der Waals surface area contributed by atoms with E-state index in [9.17, 15) is 4.79 Å². The molecule has 2 heterocycles. The highest BCUT2D eigenvalue weighted by Gasteiger charge is 2.23. The summed E-state index contributed by atoms with van der Waals surface area (Å²) in [7, 11) is 0. The molecule has 1 aliphatic heterocycles. The van der Waals surface area contributed by atoms with Crippen LogP contribution in [0.25, 0.3) is 0 Å². The average Bonchev–Trinajstić information content (AvgIpc) is 2.59. The fourth-order valence-corrected chi connectivity index (χ4v) is 2.41. The van der Waals surface area contributed by atoms with Gasteiger partial charge in [-0.3, -0.25) is 9.89 Å². The minimum atomic E-state index is -0.0204. The fraction of sp³-hybridized carbons (Fsp3) is 0.692.